The fourth-order valence-electron chi connectivity index (χ4n) is 3.74. The van der Waals surface area contributed by atoms with Gasteiger partial charge in [0, 0.05) is 5.56 Å². The summed E-state index contributed by atoms with van der Waals surface area (Å²) in [6.45, 7) is 6.27. The Labute approximate surface area is 191 Å². The van der Waals surface area contributed by atoms with Crippen molar-refractivity contribution in [1.29, 1.82) is 0 Å². The Morgan fingerprint density at radius 1 is 1.00 bits per heavy atom. The van der Waals surface area contributed by atoms with Gasteiger partial charge in [0.1, 0.15) is 5.75 Å². The third kappa shape index (κ3) is 3.75. The summed E-state index contributed by atoms with van der Waals surface area (Å²) in [5.41, 5.74) is 2.67. The lowest BCUT2D eigenvalue weighted by atomic mass is 10.1. The number of fused-ring (bicyclic) bond motifs is 1. The van der Waals surface area contributed by atoms with Gasteiger partial charge in [0.15, 0.2) is 4.32 Å². The summed E-state index contributed by atoms with van der Waals surface area (Å²) in [5, 5.41) is 0. The van der Waals surface area contributed by atoms with E-state index in [0.717, 1.165) is 24.3 Å². The lowest BCUT2D eigenvalue weighted by Gasteiger charge is -2.25. The lowest BCUT2D eigenvalue weighted by molar-refractivity contribution is -0.115. The van der Waals surface area contributed by atoms with Gasteiger partial charge in [-0.05, 0) is 43.4 Å². The van der Waals surface area contributed by atoms with E-state index in [1.54, 1.807) is 36.3 Å². The quantitative estimate of drug-likeness (QED) is 0.485. The van der Waals surface area contributed by atoms with Crippen LogP contribution in [0.3, 0.4) is 0 Å². The van der Waals surface area contributed by atoms with Crippen LogP contribution in [0.2, 0.25) is 0 Å². The molecule has 160 valence electrons. The molecule has 0 unspecified atom stereocenters. The van der Waals surface area contributed by atoms with Gasteiger partial charge in [0.25, 0.3) is 11.8 Å². The van der Waals surface area contributed by atoms with Gasteiger partial charge in [-0.25, -0.2) is 0 Å². The van der Waals surface area contributed by atoms with Gasteiger partial charge in [-0.2, -0.15) is 0 Å². The third-order valence-corrected chi connectivity index (χ3v) is 6.86. The molecule has 0 N–H and O–H groups in total. The minimum Gasteiger partial charge on any atom is -0.497 e. The van der Waals surface area contributed by atoms with Gasteiger partial charge in [-0.15, -0.1) is 0 Å². The lowest BCUT2D eigenvalue weighted by Crippen LogP contribution is -2.39. The first-order valence-corrected chi connectivity index (χ1v) is 11.3. The number of para-hydroxylation sites is 1. The molecule has 0 radical (unpaired) electrons. The molecule has 2 aromatic carbocycles. The fourth-order valence-corrected chi connectivity index (χ4v) is 5.11. The van der Waals surface area contributed by atoms with Crippen LogP contribution < -0.4 is 14.5 Å². The standard InChI is InChI=1S/C23H23N3O3S2/c1-4-24(5-2)14-25-18-9-7-6-8-17(18)19(21(25)27)20-22(28)26(23(30)31-20)15-10-12-16(29-3)13-11-15/h6-13H,4-5,14H2,1-3H3/b20-19-. The van der Waals surface area contributed by atoms with Crippen molar-refractivity contribution in [2.24, 2.45) is 0 Å². The number of hydrogen-bond donors (Lipinski definition) is 0. The molecule has 31 heavy (non-hydrogen) atoms. The Balaban J connectivity index is 1.75. The van der Waals surface area contributed by atoms with E-state index in [-0.39, 0.29) is 11.8 Å². The number of methoxy groups -OCH3 is 1. The Morgan fingerprint density at radius 2 is 1.68 bits per heavy atom. The molecule has 1 fully saturated rings. The van der Waals surface area contributed by atoms with Crippen molar-refractivity contribution in [3.8, 4) is 5.75 Å². The highest BCUT2D eigenvalue weighted by Gasteiger charge is 2.42. The Kier molecular flexibility index (Phi) is 6.13. The second kappa shape index (κ2) is 8.82. The molecule has 0 aliphatic carbocycles. The summed E-state index contributed by atoms with van der Waals surface area (Å²) < 4.78 is 5.61. The van der Waals surface area contributed by atoms with E-state index >= 15 is 0 Å². The molecule has 0 saturated carbocycles. The molecule has 2 aromatic rings. The van der Waals surface area contributed by atoms with Crippen molar-refractivity contribution in [3.63, 3.8) is 0 Å². The van der Waals surface area contributed by atoms with Crippen LogP contribution in [0.15, 0.2) is 53.4 Å². The molecule has 0 atom stereocenters. The third-order valence-electron chi connectivity index (χ3n) is 5.49. The zero-order chi connectivity index (χ0) is 22.1. The summed E-state index contributed by atoms with van der Waals surface area (Å²) in [6.07, 6.45) is 0. The van der Waals surface area contributed by atoms with Crippen LogP contribution in [0.5, 0.6) is 5.75 Å². The van der Waals surface area contributed by atoms with Crippen molar-refractivity contribution in [1.82, 2.24) is 4.90 Å². The average molecular weight is 454 g/mol. The number of rotatable bonds is 6. The van der Waals surface area contributed by atoms with Crippen LogP contribution in [0.1, 0.15) is 19.4 Å². The van der Waals surface area contributed by atoms with Crippen molar-refractivity contribution >= 4 is 57.1 Å². The maximum Gasteiger partial charge on any atom is 0.271 e. The van der Waals surface area contributed by atoms with E-state index in [1.807, 2.05) is 24.3 Å². The molecule has 0 bridgehead atoms. The Hall–Kier alpha value is -2.68. The number of ether oxygens (including phenoxy) is 1. The maximum atomic E-state index is 13.5. The van der Waals surface area contributed by atoms with E-state index < -0.39 is 0 Å². The summed E-state index contributed by atoms with van der Waals surface area (Å²) >= 11 is 6.70. The van der Waals surface area contributed by atoms with E-state index in [2.05, 4.69) is 18.7 Å². The Morgan fingerprint density at radius 3 is 2.32 bits per heavy atom. The number of benzene rings is 2. The molecule has 2 amide bonds. The van der Waals surface area contributed by atoms with Crippen LogP contribution in [0, 0.1) is 0 Å². The molecule has 2 heterocycles. The molecular weight excluding hydrogens is 430 g/mol. The molecule has 2 aliphatic heterocycles. The van der Waals surface area contributed by atoms with Crippen LogP contribution in [0.25, 0.3) is 5.57 Å². The topological polar surface area (TPSA) is 53.1 Å². The predicted molar refractivity (Wildman–Crippen MR) is 129 cm³/mol. The maximum absolute atomic E-state index is 13.5. The van der Waals surface area contributed by atoms with Gasteiger partial charge in [0.05, 0.1) is 35.6 Å². The molecule has 0 aromatic heterocycles. The Bertz CT molecular complexity index is 1080. The molecule has 4 rings (SSSR count). The van der Waals surface area contributed by atoms with Gasteiger partial charge >= 0.3 is 0 Å². The number of anilines is 2. The zero-order valence-corrected chi connectivity index (χ0v) is 19.3. The van der Waals surface area contributed by atoms with Gasteiger partial charge < -0.3 is 4.74 Å². The van der Waals surface area contributed by atoms with E-state index in [4.69, 9.17) is 17.0 Å². The minimum absolute atomic E-state index is 0.164. The number of thioether (sulfide) groups is 1. The summed E-state index contributed by atoms with van der Waals surface area (Å²) in [4.78, 5) is 32.7. The SMILES string of the molecule is CCN(CC)CN1C(=O)/C(=C2\SC(=S)N(c3ccc(OC)cc3)C2=O)c2ccccc21. The first kappa shape index (κ1) is 21.5. The van der Waals surface area contributed by atoms with Crippen LogP contribution in [0.4, 0.5) is 11.4 Å². The van der Waals surface area contributed by atoms with Gasteiger partial charge in [-0.1, -0.05) is 56.0 Å². The first-order chi connectivity index (χ1) is 15.0. The van der Waals surface area contributed by atoms with Gasteiger partial charge in [0.2, 0.25) is 0 Å². The van der Waals surface area contributed by atoms with E-state index in [1.165, 1.54) is 16.7 Å². The molecule has 0 spiro atoms. The molecule has 2 aliphatic rings. The highest BCUT2D eigenvalue weighted by molar-refractivity contribution is 8.27. The second-order valence-electron chi connectivity index (χ2n) is 7.11. The highest BCUT2D eigenvalue weighted by Crippen LogP contribution is 2.45. The van der Waals surface area contributed by atoms with Crippen molar-refractivity contribution in [3.05, 3.63) is 59.0 Å². The number of carbonyl (C=O) groups is 2. The fraction of sp³-hybridized carbons (Fsp3) is 0.261. The number of carbonyl (C=O) groups excluding carboxylic acids is 2. The highest BCUT2D eigenvalue weighted by atomic mass is 32.2. The molecule has 6 nitrogen and oxygen atoms in total. The number of amides is 2. The normalized spacial score (nSPS) is 18.4. The monoisotopic (exact) mass is 453 g/mol. The smallest absolute Gasteiger partial charge is 0.271 e. The van der Waals surface area contributed by atoms with E-state index in [0.29, 0.717) is 32.9 Å². The van der Waals surface area contributed by atoms with Crippen LogP contribution >= 0.6 is 24.0 Å². The summed E-state index contributed by atoms with van der Waals surface area (Å²) in [7, 11) is 1.59. The minimum atomic E-state index is -0.275. The zero-order valence-electron chi connectivity index (χ0n) is 17.6. The average Bonchev–Trinajstić information content (AvgIpc) is 3.23. The number of hydrogen-bond acceptors (Lipinski definition) is 6. The molecule has 1 saturated heterocycles. The summed E-state index contributed by atoms with van der Waals surface area (Å²) in [5.74, 6) is 0.255. The second-order valence-corrected chi connectivity index (χ2v) is 8.75. The van der Waals surface area contributed by atoms with Gasteiger partial charge in [-0.3, -0.25) is 24.3 Å². The van der Waals surface area contributed by atoms with Crippen LogP contribution in [-0.4, -0.2) is 47.9 Å². The molecular formula is C23H23N3O3S2. The molecule has 8 heteroatoms. The van der Waals surface area contributed by atoms with Crippen molar-refractivity contribution in [2.45, 2.75) is 13.8 Å². The predicted octanol–water partition coefficient (Wildman–Crippen LogP) is 4.12. The summed E-state index contributed by atoms with van der Waals surface area (Å²) in [6, 6.07) is 14.7. The van der Waals surface area contributed by atoms with E-state index in [9.17, 15) is 9.59 Å². The van der Waals surface area contributed by atoms with Crippen molar-refractivity contribution in [2.75, 3.05) is 36.7 Å². The van der Waals surface area contributed by atoms with Crippen LogP contribution in [-0.2, 0) is 9.59 Å². The van der Waals surface area contributed by atoms with Crippen molar-refractivity contribution < 1.29 is 14.3 Å². The largest absolute Gasteiger partial charge is 0.497 e. The first-order valence-electron chi connectivity index (χ1n) is 10.1. The number of nitrogens with zero attached hydrogens (tertiary/aromatic N) is 3. The number of thiocarbonyl (C=S) groups is 1.